The molecular formula is C20H21N3O3. The van der Waals surface area contributed by atoms with Crippen LogP contribution < -0.4 is 4.74 Å². The van der Waals surface area contributed by atoms with Gasteiger partial charge in [0.2, 0.25) is 11.7 Å². The lowest BCUT2D eigenvalue weighted by molar-refractivity contribution is -0.137. The lowest BCUT2D eigenvalue weighted by Crippen LogP contribution is -2.37. The second kappa shape index (κ2) is 7.82. The number of rotatable bonds is 6. The van der Waals surface area contributed by atoms with E-state index in [9.17, 15) is 4.79 Å². The Labute approximate surface area is 152 Å². The Morgan fingerprint density at radius 3 is 2.54 bits per heavy atom. The first-order valence-electron chi connectivity index (χ1n) is 8.39. The van der Waals surface area contributed by atoms with E-state index in [0.717, 1.165) is 11.1 Å². The number of nitrogens with zero attached hydrogens (tertiary/aromatic N) is 3. The summed E-state index contributed by atoms with van der Waals surface area (Å²) in [5.41, 5.74) is 2.04. The van der Waals surface area contributed by atoms with Gasteiger partial charge < -0.3 is 14.2 Å². The molecule has 0 saturated carbocycles. The molecule has 6 nitrogen and oxygen atoms in total. The van der Waals surface area contributed by atoms with E-state index in [1.807, 2.05) is 61.5 Å². The van der Waals surface area contributed by atoms with E-state index in [0.29, 0.717) is 17.5 Å². The van der Waals surface area contributed by atoms with Gasteiger partial charge in [0.05, 0.1) is 6.54 Å². The average Bonchev–Trinajstić information content (AvgIpc) is 3.11. The summed E-state index contributed by atoms with van der Waals surface area (Å²) in [6.07, 6.45) is -0.609. The smallest absolute Gasteiger partial charge is 0.263 e. The fourth-order valence-electron chi connectivity index (χ4n) is 2.48. The third-order valence-corrected chi connectivity index (χ3v) is 3.93. The number of amides is 1. The molecule has 0 fully saturated rings. The average molecular weight is 351 g/mol. The molecule has 0 radical (unpaired) electrons. The Morgan fingerprint density at radius 1 is 1.15 bits per heavy atom. The third-order valence-electron chi connectivity index (χ3n) is 3.93. The Bertz CT molecular complexity index is 860. The van der Waals surface area contributed by atoms with E-state index in [1.165, 1.54) is 4.90 Å². The molecule has 0 aliphatic carbocycles. The number of likely N-dealkylation sites (N-methyl/N-ethyl adjacent to an activating group) is 1. The molecule has 0 aliphatic rings. The minimum atomic E-state index is -0.609. The number of hydrogen-bond donors (Lipinski definition) is 0. The number of hydrogen-bond acceptors (Lipinski definition) is 5. The number of carbonyl (C=O) groups excluding carboxylic acids is 1. The molecule has 3 aromatic rings. The van der Waals surface area contributed by atoms with Gasteiger partial charge in [0, 0.05) is 12.6 Å². The molecule has 134 valence electrons. The van der Waals surface area contributed by atoms with Crippen LogP contribution in [0, 0.1) is 6.92 Å². The van der Waals surface area contributed by atoms with Crippen molar-refractivity contribution >= 4 is 5.91 Å². The van der Waals surface area contributed by atoms with Gasteiger partial charge in [-0.2, -0.15) is 4.98 Å². The van der Waals surface area contributed by atoms with Gasteiger partial charge in [-0.25, -0.2) is 0 Å². The van der Waals surface area contributed by atoms with Gasteiger partial charge in [-0.05, 0) is 26.0 Å². The molecule has 1 heterocycles. The number of carbonyl (C=O) groups is 1. The summed E-state index contributed by atoms with van der Waals surface area (Å²) in [5, 5.41) is 3.99. The highest BCUT2D eigenvalue weighted by molar-refractivity contribution is 5.80. The van der Waals surface area contributed by atoms with E-state index < -0.39 is 6.10 Å². The van der Waals surface area contributed by atoms with Crippen LogP contribution in [0.1, 0.15) is 18.4 Å². The molecule has 0 aliphatic heterocycles. The topological polar surface area (TPSA) is 68.5 Å². The molecule has 0 unspecified atom stereocenters. The number of para-hydroxylation sites is 1. The Balaban J connectivity index is 1.61. The standard InChI is InChI=1S/C20H21N3O3/c1-14-9-11-16(12-10-14)19-21-18(26-22-19)13-23(3)20(24)15(2)25-17-7-5-4-6-8-17/h4-12,15H,13H2,1-3H3/t15-/m1/s1. The van der Waals surface area contributed by atoms with Crippen LogP contribution >= 0.6 is 0 Å². The molecule has 1 atom stereocenters. The van der Waals surface area contributed by atoms with Crippen LogP contribution in [0.4, 0.5) is 0 Å². The van der Waals surface area contributed by atoms with Crippen molar-refractivity contribution in [3.05, 3.63) is 66.1 Å². The van der Waals surface area contributed by atoms with E-state index in [2.05, 4.69) is 10.1 Å². The Hall–Kier alpha value is -3.15. The van der Waals surface area contributed by atoms with Gasteiger partial charge in [0.25, 0.3) is 5.91 Å². The second-order valence-electron chi connectivity index (χ2n) is 6.15. The molecule has 1 aromatic heterocycles. The van der Waals surface area contributed by atoms with Crippen LogP contribution in [0.5, 0.6) is 5.75 Å². The van der Waals surface area contributed by atoms with Crippen molar-refractivity contribution in [2.45, 2.75) is 26.5 Å². The van der Waals surface area contributed by atoms with Crippen LogP contribution in [-0.2, 0) is 11.3 Å². The van der Waals surface area contributed by atoms with Gasteiger partial charge in [-0.15, -0.1) is 0 Å². The van der Waals surface area contributed by atoms with Crippen molar-refractivity contribution in [2.24, 2.45) is 0 Å². The molecule has 3 rings (SSSR count). The minimum absolute atomic E-state index is 0.163. The quantitative estimate of drug-likeness (QED) is 0.680. The van der Waals surface area contributed by atoms with Gasteiger partial charge >= 0.3 is 0 Å². The highest BCUT2D eigenvalue weighted by atomic mass is 16.5. The zero-order valence-electron chi connectivity index (χ0n) is 15.0. The first-order chi connectivity index (χ1) is 12.5. The lowest BCUT2D eigenvalue weighted by Gasteiger charge is -2.20. The third kappa shape index (κ3) is 4.27. The van der Waals surface area contributed by atoms with Crippen molar-refractivity contribution in [3.63, 3.8) is 0 Å². The first-order valence-corrected chi connectivity index (χ1v) is 8.39. The summed E-state index contributed by atoms with van der Waals surface area (Å²) in [5.74, 6) is 1.38. The maximum absolute atomic E-state index is 12.5. The summed E-state index contributed by atoms with van der Waals surface area (Å²) in [4.78, 5) is 18.4. The fraction of sp³-hybridized carbons (Fsp3) is 0.250. The normalized spacial score (nSPS) is 11.8. The van der Waals surface area contributed by atoms with Crippen LogP contribution in [-0.4, -0.2) is 34.1 Å². The molecule has 0 N–H and O–H groups in total. The first kappa shape index (κ1) is 17.7. The van der Waals surface area contributed by atoms with E-state index >= 15 is 0 Å². The summed E-state index contributed by atoms with van der Waals surface area (Å²) in [6, 6.07) is 17.1. The van der Waals surface area contributed by atoms with Crippen LogP contribution in [0.25, 0.3) is 11.4 Å². The van der Waals surface area contributed by atoms with Crippen molar-refractivity contribution in [2.75, 3.05) is 7.05 Å². The van der Waals surface area contributed by atoms with E-state index in [1.54, 1.807) is 14.0 Å². The summed E-state index contributed by atoms with van der Waals surface area (Å²) in [7, 11) is 1.68. The SMILES string of the molecule is Cc1ccc(-c2noc(CN(C)C(=O)[C@@H](C)Oc3ccccc3)n2)cc1. The van der Waals surface area contributed by atoms with Crippen molar-refractivity contribution in [3.8, 4) is 17.1 Å². The molecule has 0 saturated heterocycles. The largest absolute Gasteiger partial charge is 0.481 e. The zero-order valence-corrected chi connectivity index (χ0v) is 15.0. The molecule has 1 amide bonds. The number of aryl methyl sites for hydroxylation is 1. The molecule has 0 spiro atoms. The maximum Gasteiger partial charge on any atom is 0.263 e. The second-order valence-corrected chi connectivity index (χ2v) is 6.15. The van der Waals surface area contributed by atoms with Gasteiger partial charge in [0.1, 0.15) is 5.75 Å². The van der Waals surface area contributed by atoms with Crippen LogP contribution in [0.15, 0.2) is 59.1 Å². The predicted molar refractivity (Wildman–Crippen MR) is 97.5 cm³/mol. The summed E-state index contributed by atoms with van der Waals surface area (Å²) >= 11 is 0. The highest BCUT2D eigenvalue weighted by Crippen LogP contribution is 2.17. The predicted octanol–water partition coefficient (Wildman–Crippen LogP) is 3.47. The van der Waals surface area contributed by atoms with Crippen LogP contribution in [0.3, 0.4) is 0 Å². The number of benzene rings is 2. The number of aromatic nitrogens is 2. The molecule has 2 aromatic carbocycles. The van der Waals surface area contributed by atoms with Gasteiger partial charge in [-0.3, -0.25) is 4.79 Å². The van der Waals surface area contributed by atoms with Crippen molar-refractivity contribution in [1.82, 2.24) is 15.0 Å². The molecule has 0 bridgehead atoms. The van der Waals surface area contributed by atoms with E-state index in [-0.39, 0.29) is 12.5 Å². The highest BCUT2D eigenvalue weighted by Gasteiger charge is 2.21. The molecule has 6 heteroatoms. The van der Waals surface area contributed by atoms with Gasteiger partial charge in [0.15, 0.2) is 6.10 Å². The Kier molecular flexibility index (Phi) is 5.31. The maximum atomic E-state index is 12.5. The summed E-state index contributed by atoms with van der Waals surface area (Å²) in [6.45, 7) is 3.96. The molecular weight excluding hydrogens is 330 g/mol. The Morgan fingerprint density at radius 2 is 1.85 bits per heavy atom. The van der Waals surface area contributed by atoms with Crippen molar-refractivity contribution in [1.29, 1.82) is 0 Å². The number of ether oxygens (including phenoxy) is 1. The molecule has 26 heavy (non-hydrogen) atoms. The van der Waals surface area contributed by atoms with Gasteiger partial charge in [-0.1, -0.05) is 53.2 Å². The van der Waals surface area contributed by atoms with Crippen LogP contribution in [0.2, 0.25) is 0 Å². The van der Waals surface area contributed by atoms with Crippen molar-refractivity contribution < 1.29 is 14.1 Å². The van der Waals surface area contributed by atoms with E-state index in [4.69, 9.17) is 9.26 Å². The monoisotopic (exact) mass is 351 g/mol. The minimum Gasteiger partial charge on any atom is -0.481 e. The summed E-state index contributed by atoms with van der Waals surface area (Å²) < 4.78 is 10.9. The zero-order chi connectivity index (χ0) is 18.5. The lowest BCUT2D eigenvalue weighted by atomic mass is 10.1. The fourth-order valence-corrected chi connectivity index (χ4v) is 2.48.